The van der Waals surface area contributed by atoms with E-state index in [-0.39, 0.29) is 24.0 Å². The van der Waals surface area contributed by atoms with Gasteiger partial charge in [0.15, 0.2) is 17.5 Å². The lowest BCUT2D eigenvalue weighted by molar-refractivity contribution is 0.354. The molecule has 1 atom stereocenters. The van der Waals surface area contributed by atoms with Gasteiger partial charge in [0.1, 0.15) is 0 Å². The molecule has 1 aromatic carbocycles. The second-order valence-electron chi connectivity index (χ2n) is 5.88. The molecule has 1 rings (SSSR count). The number of methoxy groups -OCH3 is 2. The maximum atomic E-state index is 5.34. The molecule has 0 aromatic heterocycles. The van der Waals surface area contributed by atoms with Crippen LogP contribution in [-0.2, 0) is 6.42 Å². The first-order chi connectivity index (χ1) is 11.0. The van der Waals surface area contributed by atoms with Crippen LogP contribution in [0.4, 0.5) is 0 Å². The van der Waals surface area contributed by atoms with Crippen molar-refractivity contribution in [1.82, 2.24) is 10.6 Å². The highest BCUT2D eigenvalue weighted by molar-refractivity contribution is 14.0. The Morgan fingerprint density at radius 2 is 1.79 bits per heavy atom. The van der Waals surface area contributed by atoms with Gasteiger partial charge in [-0.2, -0.15) is 0 Å². The van der Waals surface area contributed by atoms with Crippen molar-refractivity contribution in [3.05, 3.63) is 23.8 Å². The molecule has 0 aliphatic heterocycles. The molecule has 0 saturated heterocycles. The smallest absolute Gasteiger partial charge is 0.191 e. The minimum absolute atomic E-state index is 0. The van der Waals surface area contributed by atoms with Crippen LogP contribution in [0.25, 0.3) is 0 Å². The van der Waals surface area contributed by atoms with Gasteiger partial charge in [-0.25, -0.2) is 0 Å². The van der Waals surface area contributed by atoms with Crippen molar-refractivity contribution in [2.24, 2.45) is 10.9 Å². The quantitative estimate of drug-likeness (QED) is 0.363. The second kappa shape index (κ2) is 12.2. The van der Waals surface area contributed by atoms with Crippen molar-refractivity contribution in [3.8, 4) is 11.5 Å². The highest BCUT2D eigenvalue weighted by Gasteiger charge is 2.09. The van der Waals surface area contributed by atoms with Crippen molar-refractivity contribution in [2.75, 3.05) is 27.3 Å². The van der Waals surface area contributed by atoms with Crippen molar-refractivity contribution < 1.29 is 9.47 Å². The fraction of sp³-hybridized carbons (Fsp3) is 0.611. The van der Waals surface area contributed by atoms with E-state index >= 15 is 0 Å². The molecule has 0 bridgehead atoms. The van der Waals surface area contributed by atoms with Crippen LogP contribution in [-0.4, -0.2) is 39.3 Å². The standard InChI is InChI=1S/C18H31N3O2.HI/c1-7-19-18(21-14(4)13(2)3)20-11-10-15-8-9-16(22-5)17(12-15)23-6;/h8-9,12-14H,7,10-11H2,1-6H3,(H2,19,20,21);1H. The Balaban J connectivity index is 0.00000529. The van der Waals surface area contributed by atoms with Crippen LogP contribution in [0.3, 0.4) is 0 Å². The number of rotatable bonds is 8. The molecule has 0 aliphatic rings. The third-order valence-electron chi connectivity index (χ3n) is 3.83. The summed E-state index contributed by atoms with van der Waals surface area (Å²) in [6, 6.07) is 6.37. The van der Waals surface area contributed by atoms with Crippen LogP contribution in [0.15, 0.2) is 23.2 Å². The predicted octanol–water partition coefficient (Wildman–Crippen LogP) is 3.46. The summed E-state index contributed by atoms with van der Waals surface area (Å²) in [6.45, 7) is 10.2. The van der Waals surface area contributed by atoms with E-state index in [1.165, 1.54) is 5.56 Å². The molecule has 0 aliphatic carbocycles. The lowest BCUT2D eigenvalue weighted by Crippen LogP contribution is -2.44. The van der Waals surface area contributed by atoms with E-state index in [1.54, 1.807) is 14.2 Å². The van der Waals surface area contributed by atoms with Crippen molar-refractivity contribution >= 4 is 29.9 Å². The highest BCUT2D eigenvalue weighted by Crippen LogP contribution is 2.27. The Morgan fingerprint density at radius 3 is 2.33 bits per heavy atom. The lowest BCUT2D eigenvalue weighted by atomic mass is 10.1. The molecule has 6 heteroatoms. The lowest BCUT2D eigenvalue weighted by Gasteiger charge is -2.20. The van der Waals surface area contributed by atoms with E-state index in [9.17, 15) is 0 Å². The summed E-state index contributed by atoms with van der Waals surface area (Å²) in [5.74, 6) is 2.94. The molecule has 0 heterocycles. The average molecular weight is 449 g/mol. The summed E-state index contributed by atoms with van der Waals surface area (Å²) in [7, 11) is 3.30. The van der Waals surface area contributed by atoms with E-state index in [4.69, 9.17) is 9.47 Å². The molecule has 0 saturated carbocycles. The number of aliphatic imine (C=N–C) groups is 1. The van der Waals surface area contributed by atoms with Crippen LogP contribution in [0.5, 0.6) is 11.5 Å². The number of ether oxygens (including phenoxy) is 2. The number of nitrogens with zero attached hydrogens (tertiary/aromatic N) is 1. The fourth-order valence-electron chi connectivity index (χ4n) is 2.04. The summed E-state index contributed by atoms with van der Waals surface area (Å²) in [4.78, 5) is 4.65. The van der Waals surface area contributed by atoms with Gasteiger partial charge in [-0.1, -0.05) is 19.9 Å². The van der Waals surface area contributed by atoms with Crippen molar-refractivity contribution in [1.29, 1.82) is 0 Å². The number of guanidine groups is 1. The van der Waals surface area contributed by atoms with Gasteiger partial charge in [-0.15, -0.1) is 24.0 Å². The molecule has 2 N–H and O–H groups in total. The Morgan fingerprint density at radius 1 is 1.12 bits per heavy atom. The minimum atomic E-state index is 0. The molecular formula is C18H32IN3O2. The van der Waals surface area contributed by atoms with Crippen LogP contribution in [0, 0.1) is 5.92 Å². The van der Waals surface area contributed by atoms with Crippen LogP contribution in [0.1, 0.15) is 33.3 Å². The van der Waals surface area contributed by atoms with E-state index in [0.29, 0.717) is 12.0 Å². The van der Waals surface area contributed by atoms with Gasteiger partial charge in [0.2, 0.25) is 0 Å². The first-order valence-electron chi connectivity index (χ1n) is 8.27. The number of halogens is 1. The fourth-order valence-corrected chi connectivity index (χ4v) is 2.04. The zero-order valence-electron chi connectivity index (χ0n) is 15.7. The number of hydrogen-bond acceptors (Lipinski definition) is 3. The van der Waals surface area contributed by atoms with Gasteiger partial charge in [-0.3, -0.25) is 4.99 Å². The molecule has 0 fully saturated rings. The van der Waals surface area contributed by atoms with E-state index < -0.39 is 0 Å². The first kappa shape index (κ1) is 22.8. The first-order valence-corrected chi connectivity index (χ1v) is 8.27. The third kappa shape index (κ3) is 7.59. The molecule has 1 unspecified atom stereocenters. The molecule has 0 radical (unpaired) electrons. The predicted molar refractivity (Wildman–Crippen MR) is 112 cm³/mol. The zero-order valence-corrected chi connectivity index (χ0v) is 18.0. The molecule has 138 valence electrons. The minimum Gasteiger partial charge on any atom is -0.493 e. The average Bonchev–Trinajstić information content (AvgIpc) is 2.54. The summed E-state index contributed by atoms with van der Waals surface area (Å²) >= 11 is 0. The number of benzene rings is 1. The normalized spacial score (nSPS) is 12.4. The molecule has 24 heavy (non-hydrogen) atoms. The summed E-state index contributed by atoms with van der Waals surface area (Å²) in [6.07, 6.45) is 0.854. The summed E-state index contributed by atoms with van der Waals surface area (Å²) in [5.41, 5.74) is 1.18. The largest absolute Gasteiger partial charge is 0.493 e. The van der Waals surface area contributed by atoms with Crippen LogP contribution >= 0.6 is 24.0 Å². The van der Waals surface area contributed by atoms with Gasteiger partial charge >= 0.3 is 0 Å². The van der Waals surface area contributed by atoms with Crippen molar-refractivity contribution in [2.45, 2.75) is 40.2 Å². The van der Waals surface area contributed by atoms with Crippen LogP contribution < -0.4 is 20.1 Å². The number of hydrogen-bond donors (Lipinski definition) is 2. The van der Waals surface area contributed by atoms with Crippen LogP contribution in [0.2, 0.25) is 0 Å². The molecule has 0 spiro atoms. The molecular weight excluding hydrogens is 417 g/mol. The Bertz CT molecular complexity index is 507. The topological polar surface area (TPSA) is 54.9 Å². The van der Waals surface area contributed by atoms with Crippen molar-refractivity contribution in [3.63, 3.8) is 0 Å². The third-order valence-corrected chi connectivity index (χ3v) is 3.83. The maximum absolute atomic E-state index is 5.34. The van der Waals surface area contributed by atoms with E-state index in [0.717, 1.165) is 37.0 Å². The number of nitrogens with one attached hydrogen (secondary N) is 2. The molecule has 1 aromatic rings. The molecule has 5 nitrogen and oxygen atoms in total. The van der Waals surface area contributed by atoms with E-state index in [2.05, 4.69) is 43.3 Å². The Hall–Kier alpha value is -1.18. The molecule has 0 amide bonds. The highest BCUT2D eigenvalue weighted by atomic mass is 127. The van der Waals surface area contributed by atoms with Gasteiger partial charge in [-0.05, 0) is 43.9 Å². The van der Waals surface area contributed by atoms with E-state index in [1.807, 2.05) is 18.2 Å². The Kier molecular flexibility index (Phi) is 11.6. The monoisotopic (exact) mass is 449 g/mol. The Labute approximate surface area is 163 Å². The maximum Gasteiger partial charge on any atom is 0.191 e. The van der Waals surface area contributed by atoms with Gasteiger partial charge in [0.25, 0.3) is 0 Å². The second-order valence-corrected chi connectivity index (χ2v) is 5.88. The van der Waals surface area contributed by atoms with Gasteiger partial charge in [0.05, 0.1) is 14.2 Å². The summed E-state index contributed by atoms with van der Waals surface area (Å²) < 4.78 is 10.6. The summed E-state index contributed by atoms with van der Waals surface area (Å²) in [5, 5.41) is 6.73. The zero-order chi connectivity index (χ0) is 17.2. The SMILES string of the molecule is CCNC(=NCCc1ccc(OC)c(OC)c1)NC(C)C(C)C.I. The van der Waals surface area contributed by atoms with Gasteiger partial charge in [0, 0.05) is 19.1 Å². The van der Waals surface area contributed by atoms with Gasteiger partial charge < -0.3 is 20.1 Å².